The summed E-state index contributed by atoms with van der Waals surface area (Å²) in [6.07, 6.45) is 3.68. The van der Waals surface area contributed by atoms with Crippen LogP contribution in [-0.2, 0) is 6.42 Å². The van der Waals surface area contributed by atoms with Crippen molar-refractivity contribution >= 4 is 17.3 Å². The van der Waals surface area contributed by atoms with Crippen molar-refractivity contribution in [1.29, 1.82) is 0 Å². The molecule has 0 saturated carbocycles. The summed E-state index contributed by atoms with van der Waals surface area (Å²) in [5, 5.41) is 6.01. The second kappa shape index (κ2) is 9.50. The van der Waals surface area contributed by atoms with Crippen molar-refractivity contribution in [2.24, 2.45) is 0 Å². The summed E-state index contributed by atoms with van der Waals surface area (Å²) in [6, 6.07) is 15.6. The second-order valence-corrected chi connectivity index (χ2v) is 6.14. The fourth-order valence-electron chi connectivity index (χ4n) is 2.71. The minimum Gasteiger partial charge on any atom is -0.494 e. The monoisotopic (exact) mass is 379 g/mol. The van der Waals surface area contributed by atoms with Crippen LogP contribution in [0.4, 0.5) is 15.8 Å². The van der Waals surface area contributed by atoms with Crippen LogP contribution in [-0.4, -0.2) is 24.0 Å². The first-order chi connectivity index (χ1) is 13.7. The number of rotatable bonds is 8. The number of pyridine rings is 1. The molecule has 2 N–H and O–H groups in total. The maximum Gasteiger partial charge on any atom is 0.257 e. The Bertz CT molecular complexity index is 929. The van der Waals surface area contributed by atoms with Gasteiger partial charge in [-0.3, -0.25) is 9.78 Å². The van der Waals surface area contributed by atoms with Gasteiger partial charge in [-0.15, -0.1) is 0 Å². The van der Waals surface area contributed by atoms with Crippen LogP contribution in [0.3, 0.4) is 0 Å². The van der Waals surface area contributed by atoms with Gasteiger partial charge in [0.15, 0.2) is 0 Å². The predicted octanol–water partition coefficient (Wildman–Crippen LogP) is 4.53. The van der Waals surface area contributed by atoms with Crippen molar-refractivity contribution in [1.82, 2.24) is 4.98 Å². The number of amides is 1. The van der Waals surface area contributed by atoms with Gasteiger partial charge in [0.05, 0.1) is 17.9 Å². The van der Waals surface area contributed by atoms with E-state index in [4.69, 9.17) is 4.74 Å². The standard InChI is InChI=1S/C22H22FN3O2/c1-2-28-20-9-7-18(8-10-20)26-22(27)17-13-19(15-24-14-17)25-12-11-16-5-3-4-6-21(16)23/h3-10,13-15,25H,2,11-12H2,1H3,(H,26,27). The number of aromatic nitrogens is 1. The Morgan fingerprint density at radius 2 is 1.86 bits per heavy atom. The molecule has 0 atom stereocenters. The zero-order chi connectivity index (χ0) is 19.8. The molecule has 0 bridgehead atoms. The van der Waals surface area contributed by atoms with Gasteiger partial charge in [0, 0.05) is 24.6 Å². The van der Waals surface area contributed by atoms with Crippen molar-refractivity contribution in [3.8, 4) is 5.75 Å². The van der Waals surface area contributed by atoms with Crippen molar-refractivity contribution < 1.29 is 13.9 Å². The van der Waals surface area contributed by atoms with Gasteiger partial charge in [0.1, 0.15) is 11.6 Å². The van der Waals surface area contributed by atoms with E-state index < -0.39 is 0 Å². The largest absolute Gasteiger partial charge is 0.494 e. The van der Waals surface area contributed by atoms with Gasteiger partial charge < -0.3 is 15.4 Å². The highest BCUT2D eigenvalue weighted by Gasteiger charge is 2.08. The van der Waals surface area contributed by atoms with E-state index in [-0.39, 0.29) is 11.7 Å². The Kier molecular flexibility index (Phi) is 6.57. The average molecular weight is 379 g/mol. The average Bonchev–Trinajstić information content (AvgIpc) is 2.71. The molecule has 6 heteroatoms. The third kappa shape index (κ3) is 5.30. The maximum atomic E-state index is 13.7. The Balaban J connectivity index is 1.57. The Morgan fingerprint density at radius 3 is 2.61 bits per heavy atom. The second-order valence-electron chi connectivity index (χ2n) is 6.14. The summed E-state index contributed by atoms with van der Waals surface area (Å²) in [5.41, 5.74) is 2.46. The molecule has 0 fully saturated rings. The molecule has 1 amide bonds. The van der Waals surface area contributed by atoms with Crippen LogP contribution in [0.1, 0.15) is 22.8 Å². The van der Waals surface area contributed by atoms with Gasteiger partial charge in [-0.1, -0.05) is 18.2 Å². The maximum absolute atomic E-state index is 13.7. The van der Waals surface area contributed by atoms with Crippen LogP contribution >= 0.6 is 0 Å². The molecule has 0 aliphatic heterocycles. The Morgan fingerprint density at radius 1 is 1.07 bits per heavy atom. The molecule has 28 heavy (non-hydrogen) atoms. The minimum absolute atomic E-state index is 0.217. The number of benzene rings is 2. The first kappa shape index (κ1) is 19.4. The molecule has 3 aromatic rings. The number of carbonyl (C=O) groups is 1. The number of nitrogens with zero attached hydrogens (tertiary/aromatic N) is 1. The number of ether oxygens (including phenoxy) is 1. The topological polar surface area (TPSA) is 63.2 Å². The summed E-state index contributed by atoms with van der Waals surface area (Å²) in [6.45, 7) is 3.04. The van der Waals surface area contributed by atoms with E-state index in [1.54, 1.807) is 48.7 Å². The smallest absolute Gasteiger partial charge is 0.257 e. The normalized spacial score (nSPS) is 10.4. The SMILES string of the molecule is CCOc1ccc(NC(=O)c2cncc(NCCc3ccccc3F)c2)cc1. The summed E-state index contributed by atoms with van der Waals surface area (Å²) in [4.78, 5) is 16.6. The summed E-state index contributed by atoms with van der Waals surface area (Å²) in [7, 11) is 0. The lowest BCUT2D eigenvalue weighted by Gasteiger charge is -2.10. The van der Waals surface area contributed by atoms with Crippen LogP contribution in [0.2, 0.25) is 0 Å². The van der Waals surface area contributed by atoms with E-state index in [0.29, 0.717) is 42.1 Å². The predicted molar refractivity (Wildman–Crippen MR) is 108 cm³/mol. The highest BCUT2D eigenvalue weighted by Crippen LogP contribution is 2.17. The van der Waals surface area contributed by atoms with E-state index in [0.717, 1.165) is 5.75 Å². The summed E-state index contributed by atoms with van der Waals surface area (Å²) >= 11 is 0. The molecule has 0 unspecified atom stereocenters. The molecule has 0 saturated heterocycles. The van der Waals surface area contributed by atoms with Crippen molar-refractivity contribution in [3.05, 3.63) is 83.9 Å². The lowest BCUT2D eigenvalue weighted by atomic mass is 10.1. The lowest BCUT2D eigenvalue weighted by Crippen LogP contribution is -2.13. The van der Waals surface area contributed by atoms with Gasteiger partial charge in [-0.05, 0) is 55.3 Å². The molecule has 0 radical (unpaired) electrons. The van der Waals surface area contributed by atoms with Gasteiger partial charge >= 0.3 is 0 Å². The van der Waals surface area contributed by atoms with Crippen molar-refractivity contribution in [2.75, 3.05) is 23.8 Å². The summed E-state index contributed by atoms with van der Waals surface area (Å²) < 4.78 is 19.0. The van der Waals surface area contributed by atoms with Gasteiger partial charge in [-0.25, -0.2) is 4.39 Å². The van der Waals surface area contributed by atoms with Crippen molar-refractivity contribution in [3.63, 3.8) is 0 Å². The molecular weight excluding hydrogens is 357 g/mol. The minimum atomic E-state index is -0.255. The number of carbonyl (C=O) groups excluding carboxylic acids is 1. The third-order valence-corrected chi connectivity index (χ3v) is 4.10. The molecule has 3 rings (SSSR count). The molecule has 0 spiro atoms. The van der Waals surface area contributed by atoms with Gasteiger partial charge in [0.2, 0.25) is 0 Å². The van der Waals surface area contributed by atoms with Gasteiger partial charge in [0.25, 0.3) is 5.91 Å². The van der Waals surface area contributed by atoms with Crippen LogP contribution < -0.4 is 15.4 Å². The third-order valence-electron chi connectivity index (χ3n) is 4.10. The number of hydrogen-bond donors (Lipinski definition) is 2. The molecular formula is C22H22FN3O2. The number of hydrogen-bond acceptors (Lipinski definition) is 4. The van der Waals surface area contributed by atoms with E-state index in [1.165, 1.54) is 12.3 Å². The first-order valence-electron chi connectivity index (χ1n) is 9.12. The Hall–Kier alpha value is -3.41. The lowest BCUT2D eigenvalue weighted by molar-refractivity contribution is 0.102. The van der Waals surface area contributed by atoms with E-state index in [9.17, 15) is 9.18 Å². The van der Waals surface area contributed by atoms with Crippen LogP contribution in [0.25, 0.3) is 0 Å². The number of anilines is 2. The zero-order valence-corrected chi connectivity index (χ0v) is 15.6. The zero-order valence-electron chi connectivity index (χ0n) is 15.6. The fraction of sp³-hybridized carbons (Fsp3) is 0.182. The molecule has 144 valence electrons. The van der Waals surface area contributed by atoms with Crippen molar-refractivity contribution in [2.45, 2.75) is 13.3 Å². The van der Waals surface area contributed by atoms with Crippen LogP contribution in [0, 0.1) is 5.82 Å². The van der Waals surface area contributed by atoms with Gasteiger partial charge in [-0.2, -0.15) is 0 Å². The molecule has 5 nitrogen and oxygen atoms in total. The highest BCUT2D eigenvalue weighted by atomic mass is 19.1. The van der Waals surface area contributed by atoms with E-state index >= 15 is 0 Å². The molecule has 1 heterocycles. The Labute approximate surface area is 163 Å². The number of nitrogens with one attached hydrogen (secondary N) is 2. The fourth-order valence-corrected chi connectivity index (χ4v) is 2.71. The van der Waals surface area contributed by atoms with Crippen LogP contribution in [0.5, 0.6) is 5.75 Å². The van der Waals surface area contributed by atoms with E-state index in [2.05, 4.69) is 15.6 Å². The highest BCUT2D eigenvalue weighted by molar-refractivity contribution is 6.04. The first-order valence-corrected chi connectivity index (χ1v) is 9.12. The van der Waals surface area contributed by atoms with E-state index in [1.807, 2.05) is 13.0 Å². The molecule has 2 aromatic carbocycles. The molecule has 0 aliphatic rings. The number of halogens is 1. The molecule has 1 aromatic heterocycles. The quantitative estimate of drug-likeness (QED) is 0.604. The van der Waals surface area contributed by atoms with Crippen LogP contribution in [0.15, 0.2) is 67.0 Å². The molecule has 0 aliphatic carbocycles. The summed E-state index contributed by atoms with van der Waals surface area (Å²) in [5.74, 6) is 0.281.